The van der Waals surface area contributed by atoms with Gasteiger partial charge in [0.2, 0.25) is 5.71 Å². The van der Waals surface area contributed by atoms with E-state index in [1.165, 1.54) is 17.9 Å². The molecule has 3 aromatic rings. The van der Waals surface area contributed by atoms with Crippen molar-refractivity contribution in [3.63, 3.8) is 0 Å². The Morgan fingerprint density at radius 1 is 1.29 bits per heavy atom. The van der Waals surface area contributed by atoms with Crippen molar-refractivity contribution in [3.8, 4) is 0 Å². The van der Waals surface area contributed by atoms with E-state index in [0.29, 0.717) is 6.54 Å². The summed E-state index contributed by atoms with van der Waals surface area (Å²) in [6.45, 7) is 1.71. The molecule has 0 unspecified atom stereocenters. The second-order valence-corrected chi connectivity index (χ2v) is 6.73. The number of ether oxygens (including phenoxy) is 1. The van der Waals surface area contributed by atoms with Crippen LogP contribution < -0.4 is 10.5 Å². The number of esters is 1. The number of aryl methyl sites for hydroxylation is 3. The Morgan fingerprint density at radius 2 is 2.07 bits per heavy atom. The van der Waals surface area contributed by atoms with Gasteiger partial charge in [-0.1, -0.05) is 18.2 Å². The first kappa shape index (κ1) is 18.0. The highest BCUT2D eigenvalue weighted by atomic mass is 16.5. The van der Waals surface area contributed by atoms with E-state index in [2.05, 4.69) is 4.98 Å². The lowest BCUT2D eigenvalue weighted by molar-refractivity contribution is -0.121. The number of nitrogens with zero attached hydrogens (tertiary/aromatic N) is 3. The minimum absolute atomic E-state index is 0.00976. The normalized spacial score (nSPS) is 13.4. The first-order chi connectivity index (χ1) is 13.5. The third kappa shape index (κ3) is 2.96. The van der Waals surface area contributed by atoms with Crippen molar-refractivity contribution in [2.75, 3.05) is 18.1 Å². The molecule has 3 heterocycles. The van der Waals surface area contributed by atoms with E-state index in [0.717, 1.165) is 24.1 Å². The number of fused-ring (bicyclic) bond motifs is 2. The molecule has 1 aromatic carbocycles. The van der Waals surface area contributed by atoms with Crippen LogP contribution in [0.4, 0.5) is 5.69 Å². The molecule has 0 N–H and O–H groups in total. The molecule has 0 radical (unpaired) electrons. The van der Waals surface area contributed by atoms with Gasteiger partial charge in [0.15, 0.2) is 6.61 Å². The maximum absolute atomic E-state index is 12.7. The quantitative estimate of drug-likeness (QED) is 0.644. The van der Waals surface area contributed by atoms with Gasteiger partial charge in [-0.25, -0.2) is 9.78 Å². The molecule has 4 rings (SSSR count). The van der Waals surface area contributed by atoms with E-state index < -0.39 is 18.1 Å². The second-order valence-electron chi connectivity index (χ2n) is 6.73. The molecule has 0 saturated heterocycles. The van der Waals surface area contributed by atoms with E-state index in [9.17, 15) is 14.4 Å². The van der Waals surface area contributed by atoms with Crippen LogP contribution in [0.15, 0.2) is 39.8 Å². The van der Waals surface area contributed by atoms with Gasteiger partial charge in [0.1, 0.15) is 23.0 Å². The molecule has 8 nitrogen and oxygen atoms in total. The van der Waals surface area contributed by atoms with Gasteiger partial charge >= 0.3 is 5.97 Å². The topological polar surface area (TPSA) is 94.6 Å². The SMILES string of the molecule is Cc1oc2ncn(C)c(=O)c2c1C(=O)OCC(=O)N1CCCc2ccccc21. The fourth-order valence-corrected chi connectivity index (χ4v) is 3.50. The van der Waals surface area contributed by atoms with Crippen LogP contribution in [-0.2, 0) is 23.0 Å². The van der Waals surface area contributed by atoms with Crippen LogP contribution in [0.2, 0.25) is 0 Å². The van der Waals surface area contributed by atoms with Gasteiger partial charge in [0.25, 0.3) is 11.5 Å². The van der Waals surface area contributed by atoms with Gasteiger partial charge in [0.05, 0.1) is 0 Å². The number of carbonyl (C=O) groups is 2. The fourth-order valence-electron chi connectivity index (χ4n) is 3.50. The predicted molar refractivity (Wildman–Crippen MR) is 101 cm³/mol. The smallest absolute Gasteiger partial charge is 0.343 e. The molecular weight excluding hydrogens is 362 g/mol. The zero-order chi connectivity index (χ0) is 19.8. The average molecular weight is 381 g/mol. The van der Waals surface area contributed by atoms with E-state index in [4.69, 9.17) is 9.15 Å². The third-order valence-electron chi connectivity index (χ3n) is 4.89. The summed E-state index contributed by atoms with van der Waals surface area (Å²) in [5.41, 5.74) is 1.61. The summed E-state index contributed by atoms with van der Waals surface area (Å²) in [6.07, 6.45) is 3.08. The summed E-state index contributed by atoms with van der Waals surface area (Å²) in [5.74, 6) is -0.858. The Hall–Kier alpha value is -3.42. The average Bonchev–Trinajstić information content (AvgIpc) is 3.05. The second kappa shape index (κ2) is 6.95. The van der Waals surface area contributed by atoms with Gasteiger partial charge in [-0.05, 0) is 31.4 Å². The van der Waals surface area contributed by atoms with Gasteiger partial charge in [-0.3, -0.25) is 9.59 Å². The number of para-hydroxylation sites is 1. The Balaban J connectivity index is 1.55. The summed E-state index contributed by atoms with van der Waals surface area (Å²) in [6, 6.07) is 7.69. The van der Waals surface area contributed by atoms with Gasteiger partial charge in [-0.15, -0.1) is 0 Å². The zero-order valence-corrected chi connectivity index (χ0v) is 15.6. The number of furan rings is 1. The standard InChI is InChI=1S/C20H19N3O5/c1-12-16(17-18(28-12)21-11-22(2)19(17)25)20(26)27-10-15(24)23-9-5-7-13-6-3-4-8-14(13)23/h3-4,6,8,11H,5,7,9-10H2,1-2H3. The van der Waals surface area contributed by atoms with E-state index in [-0.39, 0.29) is 28.3 Å². The number of hydrogen-bond donors (Lipinski definition) is 0. The van der Waals surface area contributed by atoms with Crippen molar-refractivity contribution in [1.82, 2.24) is 9.55 Å². The first-order valence-corrected chi connectivity index (χ1v) is 8.97. The molecule has 28 heavy (non-hydrogen) atoms. The van der Waals surface area contributed by atoms with E-state index in [1.54, 1.807) is 11.8 Å². The lowest BCUT2D eigenvalue weighted by atomic mass is 10.0. The monoisotopic (exact) mass is 381 g/mol. The molecule has 0 atom stereocenters. The molecule has 1 aliphatic rings. The number of carbonyl (C=O) groups excluding carboxylic acids is 2. The summed E-state index contributed by atoms with van der Waals surface area (Å²) in [4.78, 5) is 43.3. The highest BCUT2D eigenvalue weighted by Gasteiger charge is 2.26. The Labute approximate surface area is 160 Å². The molecule has 8 heteroatoms. The van der Waals surface area contributed by atoms with Crippen LogP contribution in [0, 0.1) is 6.92 Å². The Morgan fingerprint density at radius 3 is 2.89 bits per heavy atom. The molecule has 0 bridgehead atoms. The lowest BCUT2D eigenvalue weighted by Gasteiger charge is -2.29. The highest BCUT2D eigenvalue weighted by molar-refractivity contribution is 6.04. The molecule has 0 saturated carbocycles. The molecule has 0 spiro atoms. The maximum Gasteiger partial charge on any atom is 0.343 e. The van der Waals surface area contributed by atoms with Crippen LogP contribution in [0.25, 0.3) is 11.1 Å². The van der Waals surface area contributed by atoms with Crippen LogP contribution in [0.1, 0.15) is 28.1 Å². The highest BCUT2D eigenvalue weighted by Crippen LogP contribution is 2.27. The Kier molecular flexibility index (Phi) is 4.46. The molecule has 144 valence electrons. The number of anilines is 1. The number of amides is 1. The fraction of sp³-hybridized carbons (Fsp3) is 0.300. The summed E-state index contributed by atoms with van der Waals surface area (Å²) >= 11 is 0. The van der Waals surface area contributed by atoms with Crippen molar-refractivity contribution >= 4 is 28.7 Å². The minimum Gasteiger partial charge on any atom is -0.452 e. The molecule has 1 amide bonds. The maximum atomic E-state index is 12.7. The summed E-state index contributed by atoms with van der Waals surface area (Å²) in [5, 5.41) is 0.0586. The number of benzene rings is 1. The minimum atomic E-state index is -0.778. The van der Waals surface area contributed by atoms with Crippen molar-refractivity contribution in [2.24, 2.45) is 7.05 Å². The molecule has 0 fully saturated rings. The van der Waals surface area contributed by atoms with Crippen LogP contribution in [0.5, 0.6) is 0 Å². The largest absolute Gasteiger partial charge is 0.452 e. The molecule has 2 aromatic heterocycles. The predicted octanol–water partition coefficient (Wildman–Crippen LogP) is 1.97. The first-order valence-electron chi connectivity index (χ1n) is 8.97. The van der Waals surface area contributed by atoms with E-state index >= 15 is 0 Å². The third-order valence-corrected chi connectivity index (χ3v) is 4.89. The van der Waals surface area contributed by atoms with Crippen molar-refractivity contribution < 1.29 is 18.7 Å². The van der Waals surface area contributed by atoms with Crippen LogP contribution in [0.3, 0.4) is 0 Å². The molecular formula is C20H19N3O5. The van der Waals surface area contributed by atoms with Gasteiger partial charge in [0, 0.05) is 19.3 Å². The van der Waals surface area contributed by atoms with Crippen LogP contribution in [-0.4, -0.2) is 34.6 Å². The van der Waals surface area contributed by atoms with Crippen molar-refractivity contribution in [2.45, 2.75) is 19.8 Å². The molecule has 1 aliphatic heterocycles. The van der Waals surface area contributed by atoms with Crippen molar-refractivity contribution in [1.29, 1.82) is 0 Å². The van der Waals surface area contributed by atoms with E-state index in [1.807, 2.05) is 24.3 Å². The number of hydrogen-bond acceptors (Lipinski definition) is 6. The Bertz CT molecular complexity index is 1140. The number of rotatable bonds is 3. The van der Waals surface area contributed by atoms with Gasteiger partial charge < -0.3 is 18.6 Å². The van der Waals surface area contributed by atoms with Gasteiger partial charge in [-0.2, -0.15) is 0 Å². The molecule has 0 aliphatic carbocycles. The lowest BCUT2D eigenvalue weighted by Crippen LogP contribution is -2.38. The summed E-state index contributed by atoms with van der Waals surface area (Å²) in [7, 11) is 1.53. The van der Waals surface area contributed by atoms with Crippen LogP contribution >= 0.6 is 0 Å². The number of aromatic nitrogens is 2. The van der Waals surface area contributed by atoms with Crippen molar-refractivity contribution in [3.05, 3.63) is 57.8 Å². The summed E-state index contributed by atoms with van der Waals surface area (Å²) < 4.78 is 11.9. The zero-order valence-electron chi connectivity index (χ0n) is 15.6.